The Kier molecular flexibility index (Phi) is 4.94. The summed E-state index contributed by atoms with van der Waals surface area (Å²) < 4.78 is 10.0. The molecule has 2 aromatic rings. The number of methoxy groups -OCH3 is 1. The summed E-state index contributed by atoms with van der Waals surface area (Å²) in [5.41, 5.74) is 0.941. The second-order valence-corrected chi connectivity index (χ2v) is 4.86. The molecular formula is C12H13N3O4S. The maximum atomic E-state index is 10.4. The van der Waals surface area contributed by atoms with E-state index < -0.39 is 5.97 Å². The lowest BCUT2D eigenvalue weighted by Gasteiger charge is -1.99. The Balaban J connectivity index is 1.89. The minimum absolute atomic E-state index is 0.0140. The smallest absolute Gasteiger partial charge is 0.313 e. The van der Waals surface area contributed by atoms with Gasteiger partial charge in [0.2, 0.25) is 11.8 Å². The zero-order chi connectivity index (χ0) is 14.4. The molecule has 2 aromatic heterocycles. The highest BCUT2D eigenvalue weighted by Crippen LogP contribution is 2.13. The molecule has 7 nitrogen and oxygen atoms in total. The van der Waals surface area contributed by atoms with Gasteiger partial charge in [-0.3, -0.25) is 4.79 Å². The van der Waals surface area contributed by atoms with E-state index in [2.05, 4.69) is 15.1 Å². The topological polar surface area (TPSA) is 98.3 Å². The quantitative estimate of drug-likeness (QED) is 0.818. The van der Waals surface area contributed by atoms with E-state index in [0.717, 1.165) is 5.56 Å². The maximum absolute atomic E-state index is 10.4. The third kappa shape index (κ3) is 4.23. The van der Waals surface area contributed by atoms with Gasteiger partial charge in [-0.25, -0.2) is 4.98 Å². The Morgan fingerprint density at radius 3 is 3.00 bits per heavy atom. The molecule has 20 heavy (non-hydrogen) atoms. The van der Waals surface area contributed by atoms with E-state index in [1.807, 2.05) is 6.07 Å². The number of ether oxygens (including phenoxy) is 1. The number of hydrogen-bond acceptors (Lipinski definition) is 7. The highest BCUT2D eigenvalue weighted by molar-refractivity contribution is 7.99. The Morgan fingerprint density at radius 1 is 1.50 bits per heavy atom. The second-order valence-electron chi connectivity index (χ2n) is 3.88. The van der Waals surface area contributed by atoms with Gasteiger partial charge in [-0.05, 0) is 5.56 Å². The summed E-state index contributed by atoms with van der Waals surface area (Å²) in [5, 5.41) is 12.4. The van der Waals surface area contributed by atoms with Gasteiger partial charge in [-0.1, -0.05) is 11.2 Å². The van der Waals surface area contributed by atoms with Gasteiger partial charge in [0, 0.05) is 18.7 Å². The lowest BCUT2D eigenvalue weighted by atomic mass is 10.2. The number of aromatic nitrogens is 3. The van der Waals surface area contributed by atoms with E-state index in [1.54, 1.807) is 19.4 Å². The van der Waals surface area contributed by atoms with Crippen molar-refractivity contribution in [3.63, 3.8) is 0 Å². The van der Waals surface area contributed by atoms with Crippen molar-refractivity contribution < 1.29 is 19.2 Å². The van der Waals surface area contributed by atoms with Crippen LogP contribution in [0.1, 0.15) is 17.3 Å². The van der Waals surface area contributed by atoms with Crippen LogP contribution in [0.15, 0.2) is 22.9 Å². The van der Waals surface area contributed by atoms with E-state index in [9.17, 15) is 4.79 Å². The molecule has 0 aliphatic heterocycles. The summed E-state index contributed by atoms with van der Waals surface area (Å²) >= 11 is 1.21. The van der Waals surface area contributed by atoms with Gasteiger partial charge in [0.25, 0.3) is 0 Å². The van der Waals surface area contributed by atoms with Crippen LogP contribution in [-0.2, 0) is 17.0 Å². The molecular weight excluding hydrogens is 282 g/mol. The van der Waals surface area contributed by atoms with Gasteiger partial charge in [0.05, 0.1) is 18.6 Å². The van der Waals surface area contributed by atoms with Crippen LogP contribution in [0.2, 0.25) is 0 Å². The van der Waals surface area contributed by atoms with Crippen LogP contribution in [0.3, 0.4) is 0 Å². The Bertz CT molecular complexity index is 570. The first-order chi connectivity index (χ1) is 9.67. The first kappa shape index (κ1) is 14.3. The maximum Gasteiger partial charge on any atom is 0.313 e. The molecule has 0 saturated carbocycles. The van der Waals surface area contributed by atoms with Crippen LogP contribution >= 0.6 is 11.8 Å². The Labute approximate surface area is 119 Å². The first-order valence-corrected chi connectivity index (χ1v) is 6.93. The Morgan fingerprint density at radius 2 is 2.35 bits per heavy atom. The molecule has 0 unspecified atom stereocenters. The summed E-state index contributed by atoms with van der Waals surface area (Å²) in [5.74, 6) is 1.06. The lowest BCUT2D eigenvalue weighted by molar-refractivity contribution is -0.133. The minimum Gasteiger partial charge on any atom is -0.481 e. The van der Waals surface area contributed by atoms with Crippen LogP contribution in [0, 0.1) is 0 Å². The molecule has 106 valence electrons. The van der Waals surface area contributed by atoms with Crippen LogP contribution < -0.4 is 4.74 Å². The van der Waals surface area contributed by atoms with Gasteiger partial charge in [0.15, 0.2) is 5.82 Å². The fourth-order valence-electron chi connectivity index (χ4n) is 1.47. The number of carboxylic acid groups (broad SMARTS) is 1. The van der Waals surface area contributed by atoms with Gasteiger partial charge in [-0.2, -0.15) is 4.98 Å². The number of carbonyl (C=O) groups is 1. The largest absolute Gasteiger partial charge is 0.481 e. The lowest BCUT2D eigenvalue weighted by Crippen LogP contribution is -1.98. The van der Waals surface area contributed by atoms with Crippen LogP contribution in [0.5, 0.6) is 5.88 Å². The fourth-order valence-corrected chi connectivity index (χ4v) is 2.03. The molecule has 8 heteroatoms. The predicted octanol–water partition coefficient (Wildman–Crippen LogP) is 1.38. The molecule has 0 bridgehead atoms. The van der Waals surface area contributed by atoms with Crippen LogP contribution in [0.4, 0.5) is 0 Å². The number of hydrogen-bond donors (Lipinski definition) is 1. The van der Waals surface area contributed by atoms with Crippen molar-refractivity contribution in [3.8, 4) is 5.88 Å². The standard InChI is InChI=1S/C12H13N3O4S/c1-18-10-3-2-8(5-13-10)4-9-14-11(19-15-9)6-20-7-12(16)17/h2-3,5H,4,6-7H2,1H3,(H,16,17). The molecule has 0 radical (unpaired) electrons. The third-order valence-electron chi connectivity index (χ3n) is 2.33. The van der Waals surface area contributed by atoms with Crippen molar-refractivity contribution in [1.29, 1.82) is 0 Å². The van der Waals surface area contributed by atoms with Gasteiger partial charge in [-0.15, -0.1) is 11.8 Å². The highest BCUT2D eigenvalue weighted by atomic mass is 32.2. The molecule has 0 spiro atoms. The number of nitrogens with zero attached hydrogens (tertiary/aromatic N) is 3. The number of thioether (sulfide) groups is 1. The van der Waals surface area contributed by atoms with Crippen molar-refractivity contribution in [2.45, 2.75) is 12.2 Å². The van der Waals surface area contributed by atoms with Crippen LogP contribution in [-0.4, -0.2) is 39.1 Å². The van der Waals surface area contributed by atoms with Crippen molar-refractivity contribution in [2.24, 2.45) is 0 Å². The zero-order valence-corrected chi connectivity index (χ0v) is 11.6. The van der Waals surface area contributed by atoms with Crippen molar-refractivity contribution >= 4 is 17.7 Å². The molecule has 2 heterocycles. The molecule has 0 saturated heterocycles. The molecule has 0 fully saturated rings. The van der Waals surface area contributed by atoms with Gasteiger partial charge >= 0.3 is 5.97 Å². The van der Waals surface area contributed by atoms with E-state index in [4.69, 9.17) is 14.4 Å². The summed E-state index contributed by atoms with van der Waals surface area (Å²) in [6, 6.07) is 3.64. The average Bonchev–Trinajstić information content (AvgIpc) is 2.87. The SMILES string of the molecule is COc1ccc(Cc2noc(CSCC(=O)O)n2)cn1. The van der Waals surface area contributed by atoms with Crippen molar-refractivity contribution in [2.75, 3.05) is 12.9 Å². The van der Waals surface area contributed by atoms with Gasteiger partial charge in [0.1, 0.15) is 0 Å². The summed E-state index contributed by atoms with van der Waals surface area (Å²) in [6.45, 7) is 0. The highest BCUT2D eigenvalue weighted by Gasteiger charge is 2.08. The predicted molar refractivity (Wildman–Crippen MR) is 71.7 cm³/mol. The number of rotatable bonds is 7. The Hall–Kier alpha value is -2.09. The molecule has 2 rings (SSSR count). The van der Waals surface area contributed by atoms with Gasteiger partial charge < -0.3 is 14.4 Å². The second kappa shape index (κ2) is 6.90. The van der Waals surface area contributed by atoms with Crippen molar-refractivity contribution in [1.82, 2.24) is 15.1 Å². The zero-order valence-electron chi connectivity index (χ0n) is 10.8. The van der Waals surface area contributed by atoms with E-state index >= 15 is 0 Å². The number of aliphatic carboxylic acids is 1. The molecule has 0 aromatic carbocycles. The van der Waals surface area contributed by atoms with E-state index in [0.29, 0.717) is 29.8 Å². The number of pyridine rings is 1. The minimum atomic E-state index is -0.862. The summed E-state index contributed by atoms with van der Waals surface area (Å²) in [6.07, 6.45) is 2.19. The number of carboxylic acids is 1. The first-order valence-electron chi connectivity index (χ1n) is 5.77. The molecule has 0 aliphatic carbocycles. The monoisotopic (exact) mass is 295 g/mol. The normalized spacial score (nSPS) is 10.4. The molecule has 0 aliphatic rings. The molecule has 0 amide bonds. The van der Waals surface area contributed by atoms with E-state index in [-0.39, 0.29) is 5.75 Å². The van der Waals surface area contributed by atoms with Crippen molar-refractivity contribution in [3.05, 3.63) is 35.6 Å². The van der Waals surface area contributed by atoms with Crippen LogP contribution in [0.25, 0.3) is 0 Å². The summed E-state index contributed by atoms with van der Waals surface area (Å²) in [4.78, 5) is 18.7. The third-order valence-corrected chi connectivity index (χ3v) is 3.23. The fraction of sp³-hybridized carbons (Fsp3) is 0.333. The molecule has 1 N–H and O–H groups in total. The molecule has 0 atom stereocenters. The summed E-state index contributed by atoms with van der Waals surface area (Å²) in [7, 11) is 1.56. The average molecular weight is 295 g/mol. The van der Waals surface area contributed by atoms with E-state index in [1.165, 1.54) is 11.8 Å².